The van der Waals surface area contributed by atoms with Crippen LogP contribution in [0, 0.1) is 0 Å². The molecule has 0 saturated heterocycles. The Kier molecular flexibility index (Phi) is 1.83. The lowest BCUT2D eigenvalue weighted by molar-refractivity contribution is 0.999. The summed E-state index contributed by atoms with van der Waals surface area (Å²) in [6, 6.07) is 0. The molecule has 1 aliphatic carbocycles. The van der Waals surface area contributed by atoms with E-state index in [4.69, 9.17) is 0 Å². The SMILES string of the molecule is CCNc1nc(C2CC2)c2cn[nH]c2n1. The Hall–Kier alpha value is -1.65. The second-order valence-electron chi connectivity index (χ2n) is 3.87. The summed E-state index contributed by atoms with van der Waals surface area (Å²) < 4.78 is 0. The van der Waals surface area contributed by atoms with Crippen molar-refractivity contribution in [3.05, 3.63) is 11.9 Å². The van der Waals surface area contributed by atoms with Gasteiger partial charge in [0.25, 0.3) is 0 Å². The van der Waals surface area contributed by atoms with Gasteiger partial charge in [0.1, 0.15) is 0 Å². The molecule has 5 heteroatoms. The molecule has 2 aromatic rings. The molecule has 0 spiro atoms. The molecule has 0 aromatic carbocycles. The number of fused-ring (bicyclic) bond motifs is 1. The molecule has 2 heterocycles. The van der Waals surface area contributed by atoms with Crippen LogP contribution in [0.3, 0.4) is 0 Å². The van der Waals surface area contributed by atoms with Crippen molar-refractivity contribution < 1.29 is 0 Å². The van der Waals surface area contributed by atoms with Gasteiger partial charge >= 0.3 is 0 Å². The fourth-order valence-corrected chi connectivity index (χ4v) is 1.76. The third-order valence-electron chi connectivity index (χ3n) is 2.64. The first-order valence-corrected chi connectivity index (χ1v) is 5.33. The molecule has 0 aliphatic heterocycles. The molecule has 1 saturated carbocycles. The van der Waals surface area contributed by atoms with E-state index in [9.17, 15) is 0 Å². The lowest BCUT2D eigenvalue weighted by Gasteiger charge is -2.04. The van der Waals surface area contributed by atoms with Crippen LogP contribution in [0.2, 0.25) is 0 Å². The van der Waals surface area contributed by atoms with Crippen molar-refractivity contribution in [3.63, 3.8) is 0 Å². The van der Waals surface area contributed by atoms with Crippen molar-refractivity contribution in [2.24, 2.45) is 0 Å². The highest BCUT2D eigenvalue weighted by Gasteiger charge is 2.28. The normalized spacial score (nSPS) is 15.8. The predicted molar refractivity (Wildman–Crippen MR) is 57.8 cm³/mol. The molecule has 15 heavy (non-hydrogen) atoms. The van der Waals surface area contributed by atoms with Crippen LogP contribution in [0.1, 0.15) is 31.4 Å². The van der Waals surface area contributed by atoms with Crippen molar-refractivity contribution in [1.82, 2.24) is 20.2 Å². The standard InChI is InChI=1S/C10H13N5/c1-2-11-10-13-8(6-3-4-6)7-5-12-15-9(7)14-10/h5-6H,2-4H2,1H3,(H2,11,12,13,14,15). The maximum Gasteiger partial charge on any atom is 0.224 e. The van der Waals surface area contributed by atoms with Gasteiger partial charge < -0.3 is 5.32 Å². The minimum atomic E-state index is 0.616. The van der Waals surface area contributed by atoms with E-state index >= 15 is 0 Å². The Morgan fingerprint density at radius 3 is 3.07 bits per heavy atom. The second kappa shape index (κ2) is 3.18. The number of anilines is 1. The quantitative estimate of drug-likeness (QED) is 0.796. The number of H-pyrrole nitrogens is 1. The van der Waals surface area contributed by atoms with Gasteiger partial charge in [0.15, 0.2) is 5.65 Å². The van der Waals surface area contributed by atoms with Gasteiger partial charge in [0.2, 0.25) is 5.95 Å². The van der Waals surface area contributed by atoms with Gasteiger partial charge in [-0.2, -0.15) is 10.1 Å². The molecule has 0 amide bonds. The van der Waals surface area contributed by atoms with E-state index in [-0.39, 0.29) is 0 Å². The molecule has 0 atom stereocenters. The second-order valence-corrected chi connectivity index (χ2v) is 3.87. The van der Waals surface area contributed by atoms with E-state index in [1.807, 2.05) is 13.1 Å². The third-order valence-corrected chi connectivity index (χ3v) is 2.64. The largest absolute Gasteiger partial charge is 0.354 e. The first-order valence-electron chi connectivity index (χ1n) is 5.33. The molecule has 0 unspecified atom stereocenters. The number of aromatic amines is 1. The molecule has 0 bridgehead atoms. The predicted octanol–water partition coefficient (Wildman–Crippen LogP) is 1.66. The summed E-state index contributed by atoms with van der Waals surface area (Å²) in [7, 11) is 0. The van der Waals surface area contributed by atoms with E-state index in [0.717, 1.165) is 23.3 Å². The molecule has 0 radical (unpaired) electrons. The van der Waals surface area contributed by atoms with Crippen LogP contribution in [0.25, 0.3) is 11.0 Å². The maximum absolute atomic E-state index is 4.54. The summed E-state index contributed by atoms with van der Waals surface area (Å²) in [5.41, 5.74) is 1.98. The number of aromatic nitrogens is 4. The molecule has 2 aromatic heterocycles. The molecule has 3 rings (SSSR count). The van der Waals surface area contributed by atoms with Crippen LogP contribution < -0.4 is 5.32 Å². The lowest BCUT2D eigenvalue weighted by Crippen LogP contribution is -2.04. The van der Waals surface area contributed by atoms with Gasteiger partial charge in [0, 0.05) is 12.5 Å². The highest BCUT2D eigenvalue weighted by molar-refractivity contribution is 5.78. The van der Waals surface area contributed by atoms with Crippen LogP contribution in [0.5, 0.6) is 0 Å². The van der Waals surface area contributed by atoms with E-state index in [0.29, 0.717) is 11.9 Å². The van der Waals surface area contributed by atoms with Crippen LogP contribution in [0.15, 0.2) is 6.20 Å². The number of rotatable bonds is 3. The number of hydrogen-bond acceptors (Lipinski definition) is 4. The lowest BCUT2D eigenvalue weighted by atomic mass is 10.2. The van der Waals surface area contributed by atoms with Crippen LogP contribution in [0.4, 0.5) is 5.95 Å². The summed E-state index contributed by atoms with van der Waals surface area (Å²) in [5, 5.41) is 11.1. The van der Waals surface area contributed by atoms with E-state index < -0.39 is 0 Å². The Labute approximate surface area is 87.3 Å². The van der Waals surface area contributed by atoms with Crippen LogP contribution in [-0.2, 0) is 0 Å². The average molecular weight is 203 g/mol. The minimum absolute atomic E-state index is 0.616. The van der Waals surface area contributed by atoms with Crippen molar-refractivity contribution >= 4 is 17.0 Å². The average Bonchev–Trinajstić information content (AvgIpc) is 2.97. The fraction of sp³-hybridized carbons (Fsp3) is 0.500. The molecule has 78 valence electrons. The number of hydrogen-bond donors (Lipinski definition) is 2. The number of nitrogens with one attached hydrogen (secondary N) is 2. The van der Waals surface area contributed by atoms with E-state index in [1.54, 1.807) is 0 Å². The Bertz CT molecular complexity index is 486. The first-order chi connectivity index (χ1) is 7.38. The molecular weight excluding hydrogens is 190 g/mol. The zero-order valence-corrected chi connectivity index (χ0v) is 8.62. The molecule has 5 nitrogen and oxygen atoms in total. The summed E-state index contributed by atoms with van der Waals surface area (Å²) in [6.45, 7) is 2.88. The van der Waals surface area contributed by atoms with E-state index in [1.165, 1.54) is 12.8 Å². The van der Waals surface area contributed by atoms with Gasteiger partial charge in [-0.1, -0.05) is 0 Å². The van der Waals surface area contributed by atoms with Gasteiger partial charge in [-0.25, -0.2) is 4.98 Å². The summed E-state index contributed by atoms with van der Waals surface area (Å²) >= 11 is 0. The topological polar surface area (TPSA) is 66.5 Å². The van der Waals surface area contributed by atoms with Crippen molar-refractivity contribution in [2.45, 2.75) is 25.7 Å². The monoisotopic (exact) mass is 203 g/mol. The Balaban J connectivity index is 2.15. The van der Waals surface area contributed by atoms with Crippen LogP contribution in [-0.4, -0.2) is 26.7 Å². The zero-order chi connectivity index (χ0) is 10.3. The van der Waals surface area contributed by atoms with Crippen molar-refractivity contribution in [3.8, 4) is 0 Å². The van der Waals surface area contributed by atoms with Crippen molar-refractivity contribution in [2.75, 3.05) is 11.9 Å². The van der Waals surface area contributed by atoms with Gasteiger partial charge in [-0.15, -0.1) is 0 Å². The van der Waals surface area contributed by atoms with E-state index in [2.05, 4.69) is 25.5 Å². The fourth-order valence-electron chi connectivity index (χ4n) is 1.76. The Morgan fingerprint density at radius 2 is 2.33 bits per heavy atom. The summed E-state index contributed by atoms with van der Waals surface area (Å²) in [5.74, 6) is 1.32. The molecular formula is C10H13N5. The van der Waals surface area contributed by atoms with Gasteiger partial charge in [-0.05, 0) is 19.8 Å². The van der Waals surface area contributed by atoms with Crippen LogP contribution >= 0.6 is 0 Å². The van der Waals surface area contributed by atoms with Gasteiger partial charge in [-0.3, -0.25) is 5.10 Å². The summed E-state index contributed by atoms with van der Waals surface area (Å²) in [4.78, 5) is 8.90. The Morgan fingerprint density at radius 1 is 1.47 bits per heavy atom. The minimum Gasteiger partial charge on any atom is -0.354 e. The van der Waals surface area contributed by atoms with Crippen molar-refractivity contribution in [1.29, 1.82) is 0 Å². The zero-order valence-electron chi connectivity index (χ0n) is 8.62. The smallest absolute Gasteiger partial charge is 0.224 e. The number of nitrogens with zero attached hydrogens (tertiary/aromatic N) is 3. The summed E-state index contributed by atoms with van der Waals surface area (Å²) in [6.07, 6.45) is 4.30. The first kappa shape index (κ1) is 8.64. The third kappa shape index (κ3) is 1.44. The highest BCUT2D eigenvalue weighted by atomic mass is 15.2. The molecule has 1 fully saturated rings. The maximum atomic E-state index is 4.54. The molecule has 2 N–H and O–H groups in total. The van der Waals surface area contributed by atoms with Gasteiger partial charge in [0.05, 0.1) is 17.3 Å². The molecule has 1 aliphatic rings. The highest BCUT2D eigenvalue weighted by Crippen LogP contribution is 2.41.